The van der Waals surface area contributed by atoms with Crippen molar-refractivity contribution in [3.8, 4) is 6.07 Å². The fourth-order valence-corrected chi connectivity index (χ4v) is 3.89. The number of anilines is 1. The molecule has 1 unspecified atom stereocenters. The van der Waals surface area contributed by atoms with Gasteiger partial charge in [0.15, 0.2) is 0 Å². The van der Waals surface area contributed by atoms with Gasteiger partial charge >= 0.3 is 5.97 Å². The maximum absolute atomic E-state index is 12.0. The standard InChI is InChI=1S/C15H18N2O3S/c1-9(7-14(19)20)6-13(18)17-15-11(8-16)10-4-2-3-5-12(10)21-15/h9H,2-7H2,1H3,(H,17,18)(H,19,20). The number of aryl methyl sites for hydroxylation is 1. The number of amides is 1. The Kier molecular flexibility index (Phi) is 4.97. The van der Waals surface area contributed by atoms with E-state index in [1.807, 2.05) is 0 Å². The van der Waals surface area contributed by atoms with Crippen LogP contribution in [0.5, 0.6) is 0 Å². The molecule has 1 aromatic heterocycles. The van der Waals surface area contributed by atoms with E-state index in [1.54, 1.807) is 6.92 Å². The molecule has 0 saturated carbocycles. The van der Waals surface area contributed by atoms with E-state index < -0.39 is 5.97 Å². The molecular weight excluding hydrogens is 288 g/mol. The summed E-state index contributed by atoms with van der Waals surface area (Å²) in [5, 5.41) is 21.4. The van der Waals surface area contributed by atoms with E-state index in [1.165, 1.54) is 16.2 Å². The average molecular weight is 306 g/mol. The zero-order chi connectivity index (χ0) is 15.4. The van der Waals surface area contributed by atoms with Crippen molar-refractivity contribution in [2.24, 2.45) is 5.92 Å². The lowest BCUT2D eigenvalue weighted by atomic mass is 9.96. The number of carbonyl (C=O) groups excluding carboxylic acids is 1. The summed E-state index contributed by atoms with van der Waals surface area (Å²) < 4.78 is 0. The van der Waals surface area contributed by atoms with Gasteiger partial charge in [0.2, 0.25) is 5.91 Å². The van der Waals surface area contributed by atoms with Crippen molar-refractivity contribution in [3.63, 3.8) is 0 Å². The number of fused-ring (bicyclic) bond motifs is 1. The highest BCUT2D eigenvalue weighted by Crippen LogP contribution is 2.37. The third-order valence-electron chi connectivity index (χ3n) is 3.59. The molecular formula is C15H18N2O3S. The summed E-state index contributed by atoms with van der Waals surface area (Å²) in [6.07, 6.45) is 4.21. The van der Waals surface area contributed by atoms with Crippen LogP contribution in [0.4, 0.5) is 5.00 Å². The Labute approximate surface area is 127 Å². The number of nitrogens with zero attached hydrogens (tertiary/aromatic N) is 1. The molecule has 0 aromatic carbocycles. The summed E-state index contributed by atoms with van der Waals surface area (Å²) in [6, 6.07) is 2.20. The Bertz CT molecular complexity index is 601. The van der Waals surface area contributed by atoms with E-state index in [-0.39, 0.29) is 24.7 Å². The highest BCUT2D eigenvalue weighted by molar-refractivity contribution is 7.16. The molecule has 1 heterocycles. The summed E-state index contributed by atoms with van der Waals surface area (Å²) in [5.41, 5.74) is 1.68. The number of carbonyl (C=O) groups is 2. The first-order valence-corrected chi connectivity index (χ1v) is 7.89. The molecule has 6 heteroatoms. The smallest absolute Gasteiger partial charge is 0.303 e. The van der Waals surface area contributed by atoms with Gasteiger partial charge in [-0.2, -0.15) is 5.26 Å². The van der Waals surface area contributed by atoms with Crippen LogP contribution in [0.25, 0.3) is 0 Å². The van der Waals surface area contributed by atoms with Crippen LogP contribution in [0.3, 0.4) is 0 Å². The number of hydrogen-bond donors (Lipinski definition) is 2. The van der Waals surface area contributed by atoms with Crippen molar-refractivity contribution in [2.45, 2.75) is 45.4 Å². The number of carboxylic acid groups (broad SMARTS) is 1. The largest absolute Gasteiger partial charge is 0.481 e. The van der Waals surface area contributed by atoms with Crippen LogP contribution >= 0.6 is 11.3 Å². The van der Waals surface area contributed by atoms with E-state index >= 15 is 0 Å². The number of aliphatic carboxylic acids is 1. The fourth-order valence-electron chi connectivity index (χ4n) is 2.64. The summed E-state index contributed by atoms with van der Waals surface area (Å²) >= 11 is 1.49. The van der Waals surface area contributed by atoms with E-state index in [0.29, 0.717) is 10.6 Å². The minimum Gasteiger partial charge on any atom is -0.481 e. The summed E-state index contributed by atoms with van der Waals surface area (Å²) in [7, 11) is 0. The number of thiophene rings is 1. The highest BCUT2D eigenvalue weighted by atomic mass is 32.1. The van der Waals surface area contributed by atoms with E-state index in [2.05, 4.69) is 11.4 Å². The molecule has 0 aliphatic heterocycles. The second kappa shape index (κ2) is 6.72. The lowest BCUT2D eigenvalue weighted by Gasteiger charge is -2.09. The molecule has 1 aromatic rings. The third kappa shape index (κ3) is 3.82. The molecule has 1 aliphatic rings. The van der Waals surface area contributed by atoms with Crippen molar-refractivity contribution >= 4 is 28.2 Å². The normalized spacial score (nSPS) is 14.9. The van der Waals surface area contributed by atoms with E-state index in [4.69, 9.17) is 5.11 Å². The van der Waals surface area contributed by atoms with Crippen molar-refractivity contribution in [2.75, 3.05) is 5.32 Å². The predicted molar refractivity (Wildman–Crippen MR) is 80.3 cm³/mol. The van der Waals surface area contributed by atoms with Gasteiger partial charge in [0.25, 0.3) is 0 Å². The molecule has 2 N–H and O–H groups in total. The molecule has 1 atom stereocenters. The topological polar surface area (TPSA) is 90.2 Å². The maximum Gasteiger partial charge on any atom is 0.303 e. The van der Waals surface area contributed by atoms with Gasteiger partial charge in [-0.1, -0.05) is 6.92 Å². The molecule has 1 amide bonds. The van der Waals surface area contributed by atoms with Crippen LogP contribution in [0.15, 0.2) is 0 Å². The Morgan fingerprint density at radius 1 is 1.38 bits per heavy atom. The monoisotopic (exact) mass is 306 g/mol. The molecule has 0 spiro atoms. The van der Waals surface area contributed by atoms with Crippen LogP contribution in [0, 0.1) is 17.2 Å². The minimum absolute atomic E-state index is 0.0283. The molecule has 0 bridgehead atoms. The van der Waals surface area contributed by atoms with Gasteiger partial charge in [0.1, 0.15) is 11.1 Å². The Morgan fingerprint density at radius 2 is 2.10 bits per heavy atom. The van der Waals surface area contributed by atoms with Gasteiger partial charge in [0.05, 0.1) is 5.56 Å². The number of carboxylic acids is 1. The molecule has 21 heavy (non-hydrogen) atoms. The molecule has 1 aliphatic carbocycles. The first kappa shape index (κ1) is 15.5. The van der Waals surface area contributed by atoms with Crippen LogP contribution < -0.4 is 5.32 Å². The Morgan fingerprint density at radius 3 is 2.76 bits per heavy atom. The van der Waals surface area contributed by atoms with Gasteiger partial charge < -0.3 is 10.4 Å². The van der Waals surface area contributed by atoms with Crippen molar-refractivity contribution < 1.29 is 14.7 Å². The molecule has 0 saturated heterocycles. The maximum atomic E-state index is 12.0. The third-order valence-corrected chi connectivity index (χ3v) is 4.80. The molecule has 0 radical (unpaired) electrons. The van der Waals surface area contributed by atoms with Crippen molar-refractivity contribution in [1.82, 2.24) is 0 Å². The lowest BCUT2D eigenvalue weighted by molar-refractivity contribution is -0.138. The van der Waals surface area contributed by atoms with Crippen LogP contribution in [-0.2, 0) is 22.4 Å². The second-order valence-electron chi connectivity index (χ2n) is 5.48. The summed E-state index contributed by atoms with van der Waals surface area (Å²) in [5.74, 6) is -1.35. The van der Waals surface area contributed by atoms with Crippen LogP contribution in [0.2, 0.25) is 0 Å². The zero-order valence-corrected chi connectivity index (χ0v) is 12.8. The number of hydrogen-bond acceptors (Lipinski definition) is 4. The molecule has 2 rings (SSSR count). The van der Waals surface area contributed by atoms with E-state index in [0.717, 1.165) is 31.2 Å². The van der Waals surface area contributed by atoms with Gasteiger partial charge in [-0.25, -0.2) is 0 Å². The molecule has 112 valence electrons. The van der Waals surface area contributed by atoms with Gasteiger partial charge in [-0.05, 0) is 37.2 Å². The summed E-state index contributed by atoms with van der Waals surface area (Å²) in [6.45, 7) is 1.73. The second-order valence-corrected chi connectivity index (χ2v) is 6.59. The van der Waals surface area contributed by atoms with Gasteiger partial charge in [-0.15, -0.1) is 11.3 Å². The lowest BCUT2D eigenvalue weighted by Crippen LogP contribution is -2.16. The van der Waals surface area contributed by atoms with Gasteiger partial charge in [-0.3, -0.25) is 9.59 Å². The first-order chi connectivity index (χ1) is 10.0. The highest BCUT2D eigenvalue weighted by Gasteiger charge is 2.22. The van der Waals surface area contributed by atoms with E-state index in [9.17, 15) is 14.9 Å². The predicted octanol–water partition coefficient (Wildman–Crippen LogP) is 2.94. The summed E-state index contributed by atoms with van der Waals surface area (Å²) in [4.78, 5) is 23.8. The number of nitriles is 1. The fraction of sp³-hybridized carbons (Fsp3) is 0.533. The van der Waals surface area contributed by atoms with Crippen LogP contribution in [-0.4, -0.2) is 17.0 Å². The van der Waals surface area contributed by atoms with Crippen molar-refractivity contribution in [1.29, 1.82) is 5.26 Å². The van der Waals surface area contributed by atoms with Crippen molar-refractivity contribution in [3.05, 3.63) is 16.0 Å². The molecule has 0 fully saturated rings. The average Bonchev–Trinajstić information content (AvgIpc) is 2.74. The Balaban J connectivity index is 2.06. The quantitative estimate of drug-likeness (QED) is 0.875. The minimum atomic E-state index is -0.903. The Hall–Kier alpha value is -1.87. The zero-order valence-electron chi connectivity index (χ0n) is 11.9. The van der Waals surface area contributed by atoms with Crippen LogP contribution in [0.1, 0.15) is 48.6 Å². The number of nitrogens with one attached hydrogen (secondary N) is 1. The van der Waals surface area contributed by atoms with Gasteiger partial charge in [0, 0.05) is 17.7 Å². The first-order valence-electron chi connectivity index (χ1n) is 7.07. The molecule has 5 nitrogen and oxygen atoms in total. The SMILES string of the molecule is CC(CC(=O)O)CC(=O)Nc1sc2c(c1C#N)CCCC2. The number of rotatable bonds is 5.